The van der Waals surface area contributed by atoms with Gasteiger partial charge in [0.05, 0.1) is 5.69 Å². The van der Waals surface area contributed by atoms with Gasteiger partial charge in [0.1, 0.15) is 5.65 Å². The van der Waals surface area contributed by atoms with Crippen LogP contribution in [0.1, 0.15) is 18.5 Å². The number of nitrogens with one attached hydrogen (secondary N) is 2. The highest BCUT2D eigenvalue weighted by Crippen LogP contribution is 2.20. The number of hydrogen-bond acceptors (Lipinski definition) is 4. The molecule has 0 radical (unpaired) electrons. The van der Waals surface area contributed by atoms with Crippen molar-refractivity contribution in [1.29, 1.82) is 0 Å². The smallest absolute Gasteiger partial charge is 0.139 e. The van der Waals surface area contributed by atoms with Crippen molar-refractivity contribution in [2.24, 2.45) is 5.92 Å². The third kappa shape index (κ3) is 2.96. The Kier molecular flexibility index (Phi) is 3.99. The van der Waals surface area contributed by atoms with E-state index in [0.717, 1.165) is 50.7 Å². The number of fused-ring (bicyclic) bond motifs is 1. The molecule has 0 amide bonds. The lowest BCUT2D eigenvalue weighted by molar-refractivity contribution is 0.374. The van der Waals surface area contributed by atoms with Crippen molar-refractivity contribution >= 4 is 11.3 Å². The zero-order valence-corrected chi connectivity index (χ0v) is 13.1. The first-order valence-electron chi connectivity index (χ1n) is 8.52. The van der Waals surface area contributed by atoms with Crippen molar-refractivity contribution < 1.29 is 0 Å². The van der Waals surface area contributed by atoms with E-state index in [1.165, 1.54) is 30.8 Å². The van der Waals surface area contributed by atoms with Crippen LogP contribution in [0.3, 0.4) is 0 Å². The summed E-state index contributed by atoms with van der Waals surface area (Å²) in [7, 11) is 0. The molecule has 0 saturated carbocycles. The van der Waals surface area contributed by atoms with Crippen molar-refractivity contribution in [3.8, 4) is 0 Å². The van der Waals surface area contributed by atoms with Crippen molar-refractivity contribution in [1.82, 2.24) is 20.0 Å². The number of hydrogen-bond donors (Lipinski definition) is 2. The molecule has 2 aliphatic heterocycles. The first kappa shape index (κ1) is 14.0. The van der Waals surface area contributed by atoms with Crippen LogP contribution in [0, 0.1) is 5.92 Å². The van der Waals surface area contributed by atoms with Crippen molar-refractivity contribution in [2.75, 3.05) is 44.2 Å². The average molecular weight is 299 g/mol. The minimum atomic E-state index is 0.742. The molecule has 2 aromatic rings. The van der Waals surface area contributed by atoms with Gasteiger partial charge in [-0.15, -0.1) is 0 Å². The number of rotatable bonds is 3. The Morgan fingerprint density at radius 1 is 1.18 bits per heavy atom. The molecule has 4 rings (SSSR count). The summed E-state index contributed by atoms with van der Waals surface area (Å²) in [5, 5.41) is 6.90. The van der Waals surface area contributed by atoms with Crippen molar-refractivity contribution in [3.63, 3.8) is 0 Å². The molecule has 0 spiro atoms. The molecular weight excluding hydrogens is 274 g/mol. The van der Waals surface area contributed by atoms with E-state index in [0.29, 0.717) is 0 Å². The van der Waals surface area contributed by atoms with E-state index in [1.54, 1.807) is 0 Å². The summed E-state index contributed by atoms with van der Waals surface area (Å²) in [6.45, 7) is 6.61. The average Bonchev–Trinajstić information content (AvgIpc) is 2.98. The molecule has 2 aliphatic rings. The second kappa shape index (κ2) is 6.26. The zero-order valence-electron chi connectivity index (χ0n) is 13.1. The molecule has 118 valence electrons. The van der Waals surface area contributed by atoms with Gasteiger partial charge < -0.3 is 19.9 Å². The van der Waals surface area contributed by atoms with E-state index >= 15 is 0 Å². The van der Waals surface area contributed by atoms with Crippen LogP contribution in [0.5, 0.6) is 0 Å². The molecular formula is C17H25N5. The highest BCUT2D eigenvalue weighted by molar-refractivity contribution is 5.57. The van der Waals surface area contributed by atoms with E-state index in [9.17, 15) is 0 Å². The van der Waals surface area contributed by atoms with Gasteiger partial charge in [-0.1, -0.05) is 0 Å². The normalized spacial score (nSPS) is 23.1. The Morgan fingerprint density at radius 3 is 2.91 bits per heavy atom. The maximum absolute atomic E-state index is 4.86. The molecule has 4 heterocycles. The number of aromatic nitrogens is 2. The maximum atomic E-state index is 4.86. The lowest BCUT2D eigenvalue weighted by atomic mass is 9.95. The van der Waals surface area contributed by atoms with Crippen molar-refractivity contribution in [3.05, 3.63) is 30.2 Å². The molecule has 1 unspecified atom stereocenters. The maximum Gasteiger partial charge on any atom is 0.139 e. The predicted octanol–water partition coefficient (Wildman–Crippen LogP) is 1.29. The van der Waals surface area contributed by atoms with Gasteiger partial charge in [0.15, 0.2) is 0 Å². The van der Waals surface area contributed by atoms with Gasteiger partial charge in [-0.3, -0.25) is 0 Å². The quantitative estimate of drug-likeness (QED) is 0.896. The summed E-state index contributed by atoms with van der Waals surface area (Å²) < 4.78 is 2.16. The lowest BCUT2D eigenvalue weighted by Gasteiger charge is -2.29. The summed E-state index contributed by atoms with van der Waals surface area (Å²) >= 11 is 0. The molecule has 1 atom stereocenters. The number of piperazine rings is 1. The van der Waals surface area contributed by atoms with E-state index in [4.69, 9.17) is 4.98 Å². The minimum absolute atomic E-state index is 0.742. The lowest BCUT2D eigenvalue weighted by Crippen LogP contribution is -2.43. The van der Waals surface area contributed by atoms with Crippen LogP contribution < -0.4 is 15.5 Å². The fraction of sp³-hybridized carbons (Fsp3) is 0.588. The molecule has 22 heavy (non-hydrogen) atoms. The van der Waals surface area contributed by atoms with Gasteiger partial charge in [-0.2, -0.15) is 0 Å². The molecule has 5 heteroatoms. The van der Waals surface area contributed by atoms with Gasteiger partial charge in [0.25, 0.3) is 0 Å². The van der Waals surface area contributed by atoms with Crippen LogP contribution in [0.4, 0.5) is 5.69 Å². The summed E-state index contributed by atoms with van der Waals surface area (Å²) in [5.41, 5.74) is 3.60. The van der Waals surface area contributed by atoms with Crippen molar-refractivity contribution in [2.45, 2.75) is 19.3 Å². The second-order valence-electron chi connectivity index (χ2n) is 6.54. The predicted molar refractivity (Wildman–Crippen MR) is 89.6 cm³/mol. The Bertz CT molecular complexity index is 623. The van der Waals surface area contributed by atoms with Gasteiger partial charge in [-0.05, 0) is 44.3 Å². The Morgan fingerprint density at radius 2 is 2.09 bits per heavy atom. The monoisotopic (exact) mass is 299 g/mol. The first-order valence-corrected chi connectivity index (χ1v) is 8.52. The van der Waals surface area contributed by atoms with E-state index in [2.05, 4.69) is 44.5 Å². The SMILES string of the molecule is c1cn2cc(CC3CCCNC3)nc2cc1N1CCNCC1. The van der Waals surface area contributed by atoms with Gasteiger partial charge in [0, 0.05) is 50.3 Å². The first-order chi connectivity index (χ1) is 10.9. The van der Waals surface area contributed by atoms with Crippen LogP contribution in [0.25, 0.3) is 5.65 Å². The number of nitrogens with zero attached hydrogens (tertiary/aromatic N) is 3. The molecule has 2 saturated heterocycles. The number of piperidine rings is 1. The Labute approximate surface area is 131 Å². The molecule has 0 aliphatic carbocycles. The molecule has 5 nitrogen and oxygen atoms in total. The Hall–Kier alpha value is -1.59. The van der Waals surface area contributed by atoms with Gasteiger partial charge >= 0.3 is 0 Å². The third-order valence-corrected chi connectivity index (χ3v) is 4.87. The fourth-order valence-electron chi connectivity index (χ4n) is 3.64. The summed E-state index contributed by atoms with van der Waals surface area (Å²) in [5.74, 6) is 0.742. The van der Waals surface area contributed by atoms with Crippen LogP contribution in [-0.4, -0.2) is 48.7 Å². The molecule has 0 bridgehead atoms. The van der Waals surface area contributed by atoms with Gasteiger partial charge in [-0.25, -0.2) is 4.98 Å². The molecule has 0 aromatic carbocycles. The largest absolute Gasteiger partial charge is 0.369 e. The van der Waals surface area contributed by atoms with Crippen LogP contribution in [-0.2, 0) is 6.42 Å². The highest BCUT2D eigenvalue weighted by atomic mass is 15.2. The van der Waals surface area contributed by atoms with E-state index < -0.39 is 0 Å². The zero-order chi connectivity index (χ0) is 14.8. The molecule has 2 N–H and O–H groups in total. The van der Waals surface area contributed by atoms with Crippen LogP contribution in [0.2, 0.25) is 0 Å². The summed E-state index contributed by atoms with van der Waals surface area (Å²) in [4.78, 5) is 7.30. The van der Waals surface area contributed by atoms with Gasteiger partial charge in [0.2, 0.25) is 0 Å². The molecule has 2 aromatic heterocycles. The minimum Gasteiger partial charge on any atom is -0.369 e. The van der Waals surface area contributed by atoms with E-state index in [1.807, 2.05) is 0 Å². The topological polar surface area (TPSA) is 44.6 Å². The van der Waals surface area contributed by atoms with Crippen LogP contribution >= 0.6 is 0 Å². The van der Waals surface area contributed by atoms with E-state index in [-0.39, 0.29) is 0 Å². The summed E-state index contributed by atoms with van der Waals surface area (Å²) in [6.07, 6.45) is 8.07. The highest BCUT2D eigenvalue weighted by Gasteiger charge is 2.16. The molecule has 2 fully saturated rings. The van der Waals surface area contributed by atoms with Crippen LogP contribution in [0.15, 0.2) is 24.5 Å². The second-order valence-corrected chi connectivity index (χ2v) is 6.54. The third-order valence-electron chi connectivity index (χ3n) is 4.87. The standard InChI is InChI=1S/C17H25N5/c1-2-14(12-19-4-1)10-15-13-22-7-3-16(11-17(22)20-15)21-8-5-18-6-9-21/h3,7,11,13-14,18-19H,1-2,4-6,8-10,12H2. The number of imidazole rings is 1. The summed E-state index contributed by atoms with van der Waals surface area (Å²) in [6, 6.07) is 4.44. The Balaban J connectivity index is 1.52. The number of anilines is 1. The number of pyridine rings is 1. The fourth-order valence-corrected chi connectivity index (χ4v) is 3.64.